The van der Waals surface area contributed by atoms with Crippen LogP contribution in [0.2, 0.25) is 0 Å². The Morgan fingerprint density at radius 1 is 0.853 bits per heavy atom. The second-order valence-electron chi connectivity index (χ2n) is 15.9. The maximum absolute atomic E-state index is 14.2. The number of thioether (sulfide) groups is 1. The molecule has 68 heavy (non-hydrogen) atoms. The fraction of sp³-hybridized carbons (Fsp3) is 0.595. The van der Waals surface area contributed by atoms with E-state index in [9.17, 15) is 53.1 Å². The van der Waals surface area contributed by atoms with Crippen LogP contribution in [-0.2, 0) is 54.4 Å². The minimum Gasteiger partial charge on any atom is -0.481 e. The lowest BCUT2D eigenvalue weighted by Crippen LogP contribution is -2.59. The molecule has 378 valence electrons. The monoisotopic (exact) mass is 1010 g/mol. The van der Waals surface area contributed by atoms with Crippen molar-refractivity contribution in [2.24, 2.45) is 11.7 Å². The first kappa shape index (κ1) is 58.5. The zero-order valence-electron chi connectivity index (χ0n) is 38.7. The molecule has 26 heteroatoms. The summed E-state index contributed by atoms with van der Waals surface area (Å²) in [6, 6.07) is 0.423. The number of unbranched alkanes of at least 4 members (excludes halogenated alkanes) is 1. The minimum atomic E-state index is -1.75. The molecule has 1 saturated heterocycles. The van der Waals surface area contributed by atoms with Crippen LogP contribution < -0.4 is 58.9 Å². The Morgan fingerprint density at radius 2 is 1.56 bits per heavy atom. The van der Waals surface area contributed by atoms with Crippen LogP contribution in [0.25, 0.3) is 0 Å². The van der Waals surface area contributed by atoms with E-state index in [0.717, 1.165) is 21.6 Å². The van der Waals surface area contributed by atoms with Crippen LogP contribution in [0.1, 0.15) is 57.9 Å². The Balaban J connectivity index is 2.57. The third kappa shape index (κ3) is 23.4. The van der Waals surface area contributed by atoms with E-state index in [1.165, 1.54) is 11.8 Å². The number of nitrogens with one attached hydrogen (secondary N) is 11. The fourth-order valence-electron chi connectivity index (χ4n) is 6.25. The predicted molar refractivity (Wildman–Crippen MR) is 260 cm³/mol. The molecule has 0 saturated carbocycles. The van der Waals surface area contributed by atoms with Gasteiger partial charge in [0.1, 0.15) is 36.3 Å². The van der Waals surface area contributed by atoms with Gasteiger partial charge in [0.05, 0.1) is 25.3 Å². The lowest BCUT2D eigenvalue weighted by atomic mass is 10.0. The summed E-state index contributed by atoms with van der Waals surface area (Å²) in [4.78, 5) is 133. The van der Waals surface area contributed by atoms with Crippen molar-refractivity contribution in [2.45, 2.75) is 95.0 Å². The molecular formula is C42H66N12O11S3. The largest absolute Gasteiger partial charge is 0.481 e. The van der Waals surface area contributed by atoms with Crippen LogP contribution in [-0.4, -0.2) is 163 Å². The molecule has 23 nitrogen and oxygen atoms in total. The third-order valence-electron chi connectivity index (χ3n) is 9.98. The first-order valence-electron chi connectivity index (χ1n) is 21.9. The number of rotatable bonds is 24. The molecule has 0 aromatic heterocycles. The number of ketones is 1. The van der Waals surface area contributed by atoms with Gasteiger partial charge in [0.2, 0.25) is 47.3 Å². The number of carbonyl (C=O) groups excluding carboxylic acids is 9. The van der Waals surface area contributed by atoms with Crippen molar-refractivity contribution >= 4 is 98.3 Å². The van der Waals surface area contributed by atoms with Crippen LogP contribution in [0.15, 0.2) is 30.3 Å². The van der Waals surface area contributed by atoms with Crippen molar-refractivity contribution in [3.63, 3.8) is 0 Å². The number of guanidine groups is 1. The molecule has 1 aliphatic heterocycles. The van der Waals surface area contributed by atoms with Crippen LogP contribution in [0, 0.1) is 11.3 Å². The Bertz CT molecular complexity index is 1900. The van der Waals surface area contributed by atoms with Gasteiger partial charge in [-0.3, -0.25) is 53.4 Å². The fourth-order valence-corrected chi connectivity index (χ4v) is 8.93. The summed E-state index contributed by atoms with van der Waals surface area (Å²) >= 11 is 1.25. The Morgan fingerprint density at radius 3 is 2.21 bits per heavy atom. The topological polar surface area (TPSA) is 361 Å². The number of carboxylic acids is 1. The summed E-state index contributed by atoms with van der Waals surface area (Å²) in [5.74, 6) is -9.29. The van der Waals surface area contributed by atoms with Crippen molar-refractivity contribution < 1.29 is 53.1 Å². The van der Waals surface area contributed by atoms with Crippen LogP contribution >= 0.6 is 33.3 Å². The van der Waals surface area contributed by atoms with E-state index in [4.69, 9.17) is 11.1 Å². The molecule has 1 aliphatic rings. The number of amides is 8. The molecule has 6 atom stereocenters. The second-order valence-corrected chi connectivity index (χ2v) is 19.3. The number of carboxylic acid groups (broad SMARTS) is 1. The normalized spacial score (nSPS) is 19.3. The van der Waals surface area contributed by atoms with Gasteiger partial charge in [-0.25, -0.2) is 0 Å². The smallest absolute Gasteiger partial charge is 0.305 e. The highest BCUT2D eigenvalue weighted by Crippen LogP contribution is 2.24. The molecule has 1 aromatic rings. The lowest BCUT2D eigenvalue weighted by molar-refractivity contribution is -0.141. The van der Waals surface area contributed by atoms with Gasteiger partial charge in [-0.05, 0) is 57.5 Å². The number of hydrogen-bond acceptors (Lipinski definition) is 15. The highest BCUT2D eigenvalue weighted by molar-refractivity contribution is 8.76. The van der Waals surface area contributed by atoms with Gasteiger partial charge in [0, 0.05) is 30.4 Å². The number of nitrogens with two attached hydrogens (primary N) is 1. The van der Waals surface area contributed by atoms with Gasteiger partial charge in [0.25, 0.3) is 0 Å². The van der Waals surface area contributed by atoms with Gasteiger partial charge >= 0.3 is 5.97 Å². The van der Waals surface area contributed by atoms with Gasteiger partial charge in [-0.2, -0.15) is 11.8 Å². The number of hydrogen-bond donors (Lipinski definition) is 13. The SMILES string of the molecule is CNCCCC[C@H](NC(=O)CSC)C(=O)N[C@H]1CSSC[C@@H](C(=O)N[C@@H](Cc2ccccc2)C(=O)NCC(=O)C(C)C)NC(=O)[C@H](CC(=O)O)NC(=O)CNC(=O)[C@H](CCCNC(=N)N)NC1=O. The summed E-state index contributed by atoms with van der Waals surface area (Å²) in [6.07, 6.45) is 2.37. The standard InChI is InChI=1S/C42H66N12O11S3/c1-24(2)32(55)19-47-37(61)28(17-25-11-6-5-7-12-25)52-41(65)31-22-68-67-21-30(53-38(62)27(13-8-9-15-45-3)49-34(57)23-66-4)40(64)51-26(14-10-16-46-42(43)44)36(60)48-20-33(56)50-29(18-35(58)59)39(63)54-31/h5-7,11-12,24,26-31,45H,8-10,13-23H2,1-4H3,(H,47,61)(H,48,60)(H,49,57)(H,50,56)(H,51,64)(H,52,65)(H,53,62)(H,54,63)(H,58,59)(H4,43,44,46)/t26-,27-,28-,29-,30-,31-/m0/s1. The maximum Gasteiger partial charge on any atom is 0.305 e. The van der Waals surface area contributed by atoms with Crippen molar-refractivity contribution in [3.8, 4) is 0 Å². The number of benzene rings is 1. The highest BCUT2D eigenvalue weighted by Gasteiger charge is 2.34. The first-order valence-corrected chi connectivity index (χ1v) is 25.8. The van der Waals surface area contributed by atoms with Gasteiger partial charge in [-0.1, -0.05) is 65.8 Å². The Labute approximate surface area is 407 Å². The second kappa shape index (κ2) is 32.2. The van der Waals surface area contributed by atoms with E-state index in [-0.39, 0.29) is 73.7 Å². The van der Waals surface area contributed by atoms with Gasteiger partial charge < -0.3 is 64.0 Å². The Kier molecular flexibility index (Phi) is 27.7. The number of aliphatic carboxylic acids is 1. The summed E-state index contributed by atoms with van der Waals surface area (Å²) in [7, 11) is 3.73. The van der Waals surface area contributed by atoms with Crippen molar-refractivity contribution in [2.75, 3.05) is 56.7 Å². The molecule has 1 aromatic carbocycles. The molecule has 0 aliphatic carbocycles. The number of Topliss-reactive ketones (excluding diaryl/α,β-unsaturated/α-hetero) is 1. The van der Waals surface area contributed by atoms with Crippen LogP contribution in [0.3, 0.4) is 0 Å². The number of carbonyl (C=O) groups is 10. The van der Waals surface area contributed by atoms with E-state index in [0.29, 0.717) is 24.9 Å². The average molecular weight is 1010 g/mol. The zero-order valence-corrected chi connectivity index (χ0v) is 41.1. The Hall–Kier alpha value is -5.60. The minimum absolute atomic E-state index is 0.0286. The molecule has 1 fully saturated rings. The van der Waals surface area contributed by atoms with E-state index < -0.39 is 102 Å². The van der Waals surface area contributed by atoms with E-state index in [2.05, 4.69) is 53.2 Å². The molecule has 8 amide bonds. The van der Waals surface area contributed by atoms with Crippen molar-refractivity contribution in [3.05, 3.63) is 35.9 Å². The zero-order chi connectivity index (χ0) is 50.6. The molecule has 1 heterocycles. The van der Waals surface area contributed by atoms with Crippen molar-refractivity contribution in [1.29, 1.82) is 5.41 Å². The molecule has 0 unspecified atom stereocenters. The quantitative estimate of drug-likeness (QED) is 0.0220. The van der Waals surface area contributed by atoms with Gasteiger partial charge in [0.15, 0.2) is 11.7 Å². The van der Waals surface area contributed by atoms with E-state index in [1.807, 2.05) is 0 Å². The van der Waals surface area contributed by atoms with Crippen LogP contribution in [0.4, 0.5) is 0 Å². The molecule has 14 N–H and O–H groups in total. The first-order chi connectivity index (χ1) is 32.3. The molecule has 0 radical (unpaired) electrons. The van der Waals surface area contributed by atoms with E-state index in [1.54, 1.807) is 57.5 Å². The lowest BCUT2D eigenvalue weighted by Gasteiger charge is -2.26. The van der Waals surface area contributed by atoms with E-state index >= 15 is 0 Å². The molecule has 0 spiro atoms. The van der Waals surface area contributed by atoms with Crippen molar-refractivity contribution in [1.82, 2.24) is 53.2 Å². The third-order valence-corrected chi connectivity index (χ3v) is 13.0. The molecule has 0 bridgehead atoms. The predicted octanol–water partition coefficient (Wildman–Crippen LogP) is -2.52. The highest BCUT2D eigenvalue weighted by atomic mass is 33.1. The molecular weight excluding hydrogens is 945 g/mol. The summed E-state index contributed by atoms with van der Waals surface area (Å²) in [5, 5.41) is 43.1. The molecule has 2 rings (SSSR count). The average Bonchev–Trinajstić information content (AvgIpc) is 3.28. The summed E-state index contributed by atoms with van der Waals surface area (Å²) < 4.78 is 0. The van der Waals surface area contributed by atoms with Gasteiger partial charge in [-0.15, -0.1) is 0 Å². The summed E-state index contributed by atoms with van der Waals surface area (Å²) in [5.41, 5.74) is 6.04. The summed E-state index contributed by atoms with van der Waals surface area (Å²) in [6.45, 7) is 3.02. The maximum atomic E-state index is 14.2. The van der Waals surface area contributed by atoms with Crippen LogP contribution in [0.5, 0.6) is 0 Å².